The summed E-state index contributed by atoms with van der Waals surface area (Å²) in [5, 5.41) is 12.1. The SMILES string of the molecule is CC(C)(O)c1coc(S(=O)(=O)NC(=O)Nc2c3c(cc4c2C(=O)CC4)CCC3)c1. The smallest absolute Gasteiger partial charge is 0.333 e. The Morgan fingerprint density at radius 1 is 1.14 bits per heavy atom. The van der Waals surface area contributed by atoms with E-state index in [9.17, 15) is 23.1 Å². The van der Waals surface area contributed by atoms with Crippen LogP contribution in [0.2, 0.25) is 0 Å². The molecule has 2 amide bonds. The first-order valence-corrected chi connectivity index (χ1v) is 10.9. The minimum Gasteiger partial charge on any atom is -0.451 e. The van der Waals surface area contributed by atoms with Crippen LogP contribution in [0.1, 0.15) is 59.3 Å². The van der Waals surface area contributed by atoms with Crippen molar-refractivity contribution in [2.45, 2.75) is 56.6 Å². The Kier molecular flexibility index (Phi) is 4.54. The number of aryl methyl sites for hydroxylation is 2. The van der Waals surface area contributed by atoms with Crippen molar-refractivity contribution in [3.8, 4) is 0 Å². The van der Waals surface area contributed by atoms with Gasteiger partial charge in [-0.3, -0.25) is 4.79 Å². The fourth-order valence-electron chi connectivity index (χ4n) is 3.92. The van der Waals surface area contributed by atoms with E-state index in [2.05, 4.69) is 5.32 Å². The normalized spacial score (nSPS) is 15.9. The Morgan fingerprint density at radius 2 is 1.90 bits per heavy atom. The van der Waals surface area contributed by atoms with Gasteiger partial charge in [0.15, 0.2) is 5.78 Å². The molecular weight excluding hydrogens is 396 g/mol. The maximum atomic E-state index is 12.5. The summed E-state index contributed by atoms with van der Waals surface area (Å²) in [5.74, 6) is -0.0475. The number of fused-ring (bicyclic) bond motifs is 2. The fourth-order valence-corrected chi connectivity index (χ4v) is 4.77. The molecule has 0 unspecified atom stereocenters. The van der Waals surface area contributed by atoms with Gasteiger partial charge >= 0.3 is 6.03 Å². The molecule has 0 fully saturated rings. The van der Waals surface area contributed by atoms with E-state index in [1.165, 1.54) is 13.8 Å². The highest BCUT2D eigenvalue weighted by molar-refractivity contribution is 7.89. The highest BCUT2D eigenvalue weighted by Gasteiger charge is 2.31. The first kappa shape index (κ1) is 19.7. The number of sulfonamides is 1. The number of aliphatic hydroxyl groups is 1. The van der Waals surface area contributed by atoms with Crippen molar-refractivity contribution in [3.63, 3.8) is 0 Å². The van der Waals surface area contributed by atoms with E-state index in [0.29, 0.717) is 24.1 Å². The molecule has 8 nitrogen and oxygen atoms in total. The van der Waals surface area contributed by atoms with Crippen molar-refractivity contribution in [1.29, 1.82) is 0 Å². The van der Waals surface area contributed by atoms with Crippen molar-refractivity contribution in [1.82, 2.24) is 4.72 Å². The van der Waals surface area contributed by atoms with E-state index in [4.69, 9.17) is 4.42 Å². The van der Waals surface area contributed by atoms with E-state index < -0.39 is 26.7 Å². The number of nitrogens with one attached hydrogen (secondary N) is 2. The number of furan rings is 1. The van der Waals surface area contributed by atoms with E-state index in [1.807, 2.05) is 10.8 Å². The highest BCUT2D eigenvalue weighted by atomic mass is 32.2. The molecule has 0 aliphatic heterocycles. The average Bonchev–Trinajstić information content (AvgIpc) is 3.33. The van der Waals surface area contributed by atoms with E-state index in [-0.39, 0.29) is 11.3 Å². The molecule has 3 N–H and O–H groups in total. The number of anilines is 1. The lowest BCUT2D eigenvalue weighted by atomic mass is 9.98. The average molecular weight is 418 g/mol. The second-order valence-corrected chi connectivity index (χ2v) is 9.59. The summed E-state index contributed by atoms with van der Waals surface area (Å²) < 4.78 is 31.9. The van der Waals surface area contributed by atoms with Crippen LogP contribution in [0, 0.1) is 0 Å². The fraction of sp³-hybridized carbons (Fsp3) is 0.400. The number of hydrogen-bond donors (Lipinski definition) is 3. The van der Waals surface area contributed by atoms with Gasteiger partial charge < -0.3 is 14.8 Å². The molecule has 4 rings (SSSR count). The zero-order chi connectivity index (χ0) is 21.0. The number of amides is 2. The molecule has 0 saturated heterocycles. The molecule has 1 aromatic carbocycles. The molecule has 2 aromatic rings. The van der Waals surface area contributed by atoms with Gasteiger partial charge in [-0.1, -0.05) is 6.07 Å². The van der Waals surface area contributed by atoms with Crippen molar-refractivity contribution >= 4 is 27.5 Å². The monoisotopic (exact) mass is 418 g/mol. The number of urea groups is 1. The number of benzene rings is 1. The van der Waals surface area contributed by atoms with E-state index in [1.54, 1.807) is 0 Å². The molecule has 2 aliphatic rings. The molecule has 0 radical (unpaired) electrons. The van der Waals surface area contributed by atoms with Crippen LogP contribution in [0.15, 0.2) is 27.9 Å². The number of carbonyl (C=O) groups excluding carboxylic acids is 2. The summed E-state index contributed by atoms with van der Waals surface area (Å²) >= 11 is 0. The van der Waals surface area contributed by atoms with Gasteiger partial charge in [0, 0.05) is 23.6 Å². The first-order chi connectivity index (χ1) is 13.6. The van der Waals surface area contributed by atoms with Crippen molar-refractivity contribution < 1.29 is 27.5 Å². The molecule has 0 bridgehead atoms. The minimum absolute atomic E-state index is 0.0475. The van der Waals surface area contributed by atoms with Crippen LogP contribution < -0.4 is 10.0 Å². The zero-order valence-corrected chi connectivity index (χ0v) is 17.0. The summed E-state index contributed by atoms with van der Waals surface area (Å²) in [5.41, 5.74) is 2.77. The largest absolute Gasteiger partial charge is 0.451 e. The molecule has 2 aliphatic carbocycles. The molecule has 0 saturated carbocycles. The Morgan fingerprint density at radius 3 is 2.59 bits per heavy atom. The predicted molar refractivity (Wildman–Crippen MR) is 104 cm³/mol. The molecule has 0 spiro atoms. The highest BCUT2D eigenvalue weighted by Crippen LogP contribution is 2.38. The predicted octanol–water partition coefficient (Wildman–Crippen LogP) is 2.64. The summed E-state index contributed by atoms with van der Waals surface area (Å²) in [6, 6.07) is 2.23. The standard InChI is InChI=1S/C20H22N2O6S/c1-20(2,25)13-9-16(28-10-13)29(26,27)22-19(24)21-18-14-5-3-4-11(14)8-12-6-7-15(23)17(12)18/h8-10,25H,3-7H2,1-2H3,(H2,21,22,24). The number of carbonyl (C=O) groups is 2. The lowest BCUT2D eigenvalue weighted by Gasteiger charge is -2.15. The second-order valence-electron chi connectivity index (χ2n) is 7.97. The quantitative estimate of drug-likeness (QED) is 0.701. The number of ketones is 1. The molecule has 1 aromatic heterocycles. The molecule has 29 heavy (non-hydrogen) atoms. The Balaban J connectivity index is 1.60. The molecule has 154 valence electrons. The van der Waals surface area contributed by atoms with Gasteiger partial charge in [-0.05, 0) is 56.2 Å². The van der Waals surface area contributed by atoms with E-state index in [0.717, 1.165) is 48.3 Å². The lowest BCUT2D eigenvalue weighted by Crippen LogP contribution is -2.35. The van der Waals surface area contributed by atoms with Gasteiger partial charge in [0.05, 0.1) is 17.6 Å². The third kappa shape index (κ3) is 3.56. The minimum atomic E-state index is -4.29. The van der Waals surface area contributed by atoms with Crippen LogP contribution in [0.5, 0.6) is 0 Å². The molecule has 0 atom stereocenters. The van der Waals surface area contributed by atoms with Crippen molar-refractivity contribution in [2.24, 2.45) is 0 Å². The van der Waals surface area contributed by atoms with Gasteiger partial charge in [-0.15, -0.1) is 0 Å². The third-order valence-corrected chi connectivity index (χ3v) is 6.59. The molecular formula is C20H22N2O6S. The summed E-state index contributed by atoms with van der Waals surface area (Å²) in [6.07, 6.45) is 4.67. The van der Waals surface area contributed by atoms with Crippen LogP contribution in [-0.2, 0) is 34.9 Å². The van der Waals surface area contributed by atoms with Crippen molar-refractivity contribution in [2.75, 3.05) is 5.32 Å². The van der Waals surface area contributed by atoms with Crippen LogP contribution in [0.3, 0.4) is 0 Å². The second kappa shape index (κ2) is 6.70. The number of hydrogen-bond acceptors (Lipinski definition) is 6. The third-order valence-electron chi connectivity index (χ3n) is 5.39. The van der Waals surface area contributed by atoms with Crippen LogP contribution >= 0.6 is 0 Å². The lowest BCUT2D eigenvalue weighted by molar-refractivity contribution is 0.0779. The number of Topliss-reactive ketones (excluding diaryl/α,β-unsaturated/α-hetero) is 1. The number of rotatable bonds is 4. The summed E-state index contributed by atoms with van der Waals surface area (Å²) in [6.45, 7) is 2.98. The summed E-state index contributed by atoms with van der Waals surface area (Å²) in [4.78, 5) is 24.9. The Labute approximate surface area is 168 Å². The van der Waals surface area contributed by atoms with Gasteiger partial charge in [0.2, 0.25) is 5.09 Å². The molecule has 1 heterocycles. The van der Waals surface area contributed by atoms with Crippen LogP contribution in [0.25, 0.3) is 0 Å². The van der Waals surface area contributed by atoms with E-state index >= 15 is 0 Å². The zero-order valence-electron chi connectivity index (χ0n) is 16.2. The van der Waals surface area contributed by atoms with Crippen LogP contribution in [0.4, 0.5) is 10.5 Å². The van der Waals surface area contributed by atoms with Gasteiger partial charge in [-0.2, -0.15) is 8.42 Å². The Bertz CT molecular complexity index is 1120. The maximum Gasteiger partial charge on any atom is 0.333 e. The summed E-state index contributed by atoms with van der Waals surface area (Å²) in [7, 11) is -4.29. The maximum absolute atomic E-state index is 12.5. The van der Waals surface area contributed by atoms with Crippen LogP contribution in [-0.4, -0.2) is 25.3 Å². The topological polar surface area (TPSA) is 126 Å². The first-order valence-electron chi connectivity index (χ1n) is 9.42. The van der Waals surface area contributed by atoms with Crippen molar-refractivity contribution in [3.05, 3.63) is 46.2 Å². The molecule has 9 heteroatoms. The van der Waals surface area contributed by atoms with Gasteiger partial charge in [-0.25, -0.2) is 9.52 Å². The van der Waals surface area contributed by atoms with Gasteiger partial charge in [0.25, 0.3) is 10.0 Å². The van der Waals surface area contributed by atoms with Gasteiger partial charge in [0.1, 0.15) is 0 Å². The Hall–Kier alpha value is -2.65.